The van der Waals surface area contributed by atoms with Crippen LogP contribution in [-0.2, 0) is 11.8 Å². The molecular formula is C20H20N4O3S. The summed E-state index contributed by atoms with van der Waals surface area (Å²) in [5, 5.41) is 6.96. The lowest BCUT2D eigenvalue weighted by Crippen LogP contribution is -2.28. The zero-order chi connectivity index (χ0) is 19.5. The molecule has 0 N–H and O–H groups in total. The normalized spacial score (nSPS) is 16.3. The Kier molecular flexibility index (Phi) is 5.21. The molecule has 1 amide bonds. The number of hydrogen-bond acceptors (Lipinski definition) is 6. The van der Waals surface area contributed by atoms with Crippen molar-refractivity contribution in [1.82, 2.24) is 14.6 Å². The van der Waals surface area contributed by atoms with Crippen molar-refractivity contribution < 1.29 is 13.9 Å². The second-order valence-corrected chi connectivity index (χ2v) is 7.30. The van der Waals surface area contributed by atoms with Gasteiger partial charge in [-0.1, -0.05) is 11.8 Å². The van der Waals surface area contributed by atoms with E-state index in [1.54, 1.807) is 19.6 Å². The predicted octanol–water partition coefficient (Wildman–Crippen LogP) is 3.49. The molecule has 0 fully saturated rings. The Labute approximate surface area is 167 Å². The lowest BCUT2D eigenvalue weighted by atomic mass is 10.0. The Bertz CT molecular complexity index is 979. The predicted molar refractivity (Wildman–Crippen MR) is 106 cm³/mol. The van der Waals surface area contributed by atoms with E-state index < -0.39 is 0 Å². The van der Waals surface area contributed by atoms with Gasteiger partial charge < -0.3 is 13.7 Å². The number of hydrazone groups is 1. The maximum Gasteiger partial charge on any atom is 0.253 e. The number of rotatable bonds is 6. The van der Waals surface area contributed by atoms with E-state index in [9.17, 15) is 4.79 Å². The van der Waals surface area contributed by atoms with E-state index in [-0.39, 0.29) is 17.7 Å². The van der Waals surface area contributed by atoms with Crippen LogP contribution in [0, 0.1) is 0 Å². The van der Waals surface area contributed by atoms with Crippen molar-refractivity contribution in [1.29, 1.82) is 0 Å². The topological polar surface area (TPSA) is 72.9 Å². The highest BCUT2D eigenvalue weighted by atomic mass is 32.2. The van der Waals surface area contributed by atoms with Gasteiger partial charge in [-0.3, -0.25) is 4.79 Å². The molecule has 2 aromatic heterocycles. The quantitative estimate of drug-likeness (QED) is 0.597. The molecule has 0 saturated carbocycles. The SMILES string of the molecule is COc1ccc(C2=NN(C(=O)CSc3nccn3C)C(c3ccco3)C2)cc1. The molecule has 0 radical (unpaired) electrons. The Hall–Kier alpha value is -3.00. The highest BCUT2D eigenvalue weighted by molar-refractivity contribution is 7.99. The first kappa shape index (κ1) is 18.4. The second kappa shape index (κ2) is 7.93. The molecular weight excluding hydrogens is 376 g/mol. The monoisotopic (exact) mass is 396 g/mol. The van der Waals surface area contributed by atoms with Crippen LogP contribution in [-0.4, -0.2) is 39.0 Å². The highest BCUT2D eigenvalue weighted by Crippen LogP contribution is 2.34. The van der Waals surface area contributed by atoms with E-state index in [0.29, 0.717) is 6.42 Å². The fourth-order valence-corrected chi connectivity index (χ4v) is 3.87. The summed E-state index contributed by atoms with van der Waals surface area (Å²) < 4.78 is 12.7. The van der Waals surface area contributed by atoms with Gasteiger partial charge in [0.05, 0.1) is 24.8 Å². The molecule has 1 unspecified atom stereocenters. The third-order valence-corrected chi connectivity index (χ3v) is 5.61. The summed E-state index contributed by atoms with van der Waals surface area (Å²) in [6.45, 7) is 0. The third-order valence-electron chi connectivity index (χ3n) is 4.56. The van der Waals surface area contributed by atoms with E-state index in [2.05, 4.69) is 10.1 Å². The molecule has 3 aromatic rings. The molecule has 4 rings (SSSR count). The minimum atomic E-state index is -0.249. The maximum atomic E-state index is 12.9. The number of nitrogens with zero attached hydrogens (tertiary/aromatic N) is 4. The molecule has 28 heavy (non-hydrogen) atoms. The maximum absolute atomic E-state index is 12.9. The Morgan fingerprint density at radius 3 is 2.79 bits per heavy atom. The summed E-state index contributed by atoms with van der Waals surface area (Å²) in [6, 6.07) is 11.1. The summed E-state index contributed by atoms with van der Waals surface area (Å²) in [6.07, 6.45) is 5.78. The first-order valence-corrected chi connectivity index (χ1v) is 9.82. The first-order valence-electron chi connectivity index (χ1n) is 8.83. The summed E-state index contributed by atoms with van der Waals surface area (Å²) in [5.41, 5.74) is 1.81. The zero-order valence-electron chi connectivity index (χ0n) is 15.6. The Balaban J connectivity index is 1.56. The van der Waals surface area contributed by atoms with E-state index in [1.807, 2.05) is 54.2 Å². The highest BCUT2D eigenvalue weighted by Gasteiger charge is 2.34. The molecule has 0 saturated heterocycles. The van der Waals surface area contributed by atoms with Crippen LogP contribution in [0.1, 0.15) is 23.8 Å². The van der Waals surface area contributed by atoms with Gasteiger partial charge in [-0.2, -0.15) is 5.10 Å². The van der Waals surface area contributed by atoms with Crippen LogP contribution in [0.2, 0.25) is 0 Å². The summed E-state index contributed by atoms with van der Waals surface area (Å²) in [7, 11) is 3.54. The van der Waals surface area contributed by atoms with Crippen molar-refractivity contribution in [2.24, 2.45) is 12.1 Å². The number of imidazole rings is 1. The number of thioether (sulfide) groups is 1. The van der Waals surface area contributed by atoms with Crippen molar-refractivity contribution in [2.75, 3.05) is 12.9 Å². The van der Waals surface area contributed by atoms with Gasteiger partial charge in [0.15, 0.2) is 5.16 Å². The van der Waals surface area contributed by atoms with Crippen LogP contribution < -0.4 is 4.74 Å². The molecule has 144 valence electrons. The van der Waals surface area contributed by atoms with Gasteiger partial charge >= 0.3 is 0 Å². The molecule has 0 bridgehead atoms. The van der Waals surface area contributed by atoms with Gasteiger partial charge in [0.25, 0.3) is 5.91 Å². The molecule has 7 nitrogen and oxygen atoms in total. The number of benzene rings is 1. The number of carbonyl (C=O) groups is 1. The molecule has 8 heteroatoms. The fraction of sp³-hybridized carbons (Fsp3) is 0.250. The van der Waals surface area contributed by atoms with Crippen molar-refractivity contribution in [3.8, 4) is 5.75 Å². The largest absolute Gasteiger partial charge is 0.497 e. The lowest BCUT2D eigenvalue weighted by Gasteiger charge is -2.19. The van der Waals surface area contributed by atoms with Gasteiger partial charge in [0.2, 0.25) is 0 Å². The van der Waals surface area contributed by atoms with Crippen LogP contribution >= 0.6 is 11.8 Å². The van der Waals surface area contributed by atoms with Crippen molar-refractivity contribution >= 4 is 23.4 Å². The number of furan rings is 1. The third kappa shape index (κ3) is 3.68. The van der Waals surface area contributed by atoms with Crippen molar-refractivity contribution in [2.45, 2.75) is 17.6 Å². The second-order valence-electron chi connectivity index (χ2n) is 6.36. The van der Waals surface area contributed by atoms with Crippen LogP contribution in [0.3, 0.4) is 0 Å². The number of amides is 1. The first-order chi connectivity index (χ1) is 13.7. The summed E-state index contributed by atoms with van der Waals surface area (Å²) in [5.74, 6) is 1.67. The molecule has 1 atom stereocenters. The molecule has 1 aliphatic rings. The fourth-order valence-electron chi connectivity index (χ4n) is 3.08. The lowest BCUT2D eigenvalue weighted by molar-refractivity contribution is -0.130. The van der Waals surface area contributed by atoms with Gasteiger partial charge in [-0.25, -0.2) is 9.99 Å². The van der Waals surface area contributed by atoms with Crippen molar-refractivity contribution in [3.05, 3.63) is 66.4 Å². The van der Waals surface area contributed by atoms with Crippen molar-refractivity contribution in [3.63, 3.8) is 0 Å². The number of methoxy groups -OCH3 is 1. The van der Waals surface area contributed by atoms with Gasteiger partial charge in [0, 0.05) is 25.9 Å². The minimum Gasteiger partial charge on any atom is -0.497 e. The van der Waals surface area contributed by atoms with E-state index in [1.165, 1.54) is 16.8 Å². The zero-order valence-corrected chi connectivity index (χ0v) is 16.4. The van der Waals surface area contributed by atoms with Gasteiger partial charge in [-0.15, -0.1) is 0 Å². The summed E-state index contributed by atoms with van der Waals surface area (Å²) in [4.78, 5) is 17.2. The van der Waals surface area contributed by atoms with Crippen LogP contribution in [0.4, 0.5) is 0 Å². The van der Waals surface area contributed by atoms with Gasteiger partial charge in [-0.05, 0) is 42.0 Å². The van der Waals surface area contributed by atoms with E-state index >= 15 is 0 Å². The number of aryl methyl sites for hydroxylation is 1. The summed E-state index contributed by atoms with van der Waals surface area (Å²) >= 11 is 1.39. The molecule has 0 spiro atoms. The van der Waals surface area contributed by atoms with Gasteiger partial charge in [0.1, 0.15) is 17.6 Å². The van der Waals surface area contributed by atoms with Crippen LogP contribution in [0.15, 0.2) is 69.7 Å². The van der Waals surface area contributed by atoms with E-state index in [0.717, 1.165) is 27.9 Å². The minimum absolute atomic E-state index is 0.0853. The Morgan fingerprint density at radius 1 is 1.32 bits per heavy atom. The molecule has 1 aromatic carbocycles. The molecule has 3 heterocycles. The average Bonchev–Trinajstić information content (AvgIpc) is 3.46. The molecule has 1 aliphatic heterocycles. The average molecular weight is 396 g/mol. The smallest absolute Gasteiger partial charge is 0.253 e. The van der Waals surface area contributed by atoms with Crippen LogP contribution in [0.5, 0.6) is 5.75 Å². The molecule has 0 aliphatic carbocycles. The standard InChI is InChI=1S/C20H20N4O3S/c1-23-10-9-21-20(23)28-13-19(25)24-17(18-4-3-11-27-18)12-16(22-24)14-5-7-15(26-2)8-6-14/h3-11,17H,12-13H2,1-2H3. The number of hydrogen-bond donors (Lipinski definition) is 0. The number of carbonyl (C=O) groups excluding carboxylic acids is 1. The van der Waals surface area contributed by atoms with E-state index in [4.69, 9.17) is 9.15 Å². The Morgan fingerprint density at radius 2 is 2.14 bits per heavy atom. The van der Waals surface area contributed by atoms with Crippen LogP contribution in [0.25, 0.3) is 0 Å². The number of ether oxygens (including phenoxy) is 1. The number of aromatic nitrogens is 2.